The summed E-state index contributed by atoms with van der Waals surface area (Å²) in [6.45, 7) is 1.01. The molecule has 1 saturated heterocycles. The molecule has 0 bridgehead atoms. The molecule has 0 spiro atoms. The van der Waals surface area contributed by atoms with E-state index in [0.29, 0.717) is 13.1 Å². The zero-order valence-corrected chi connectivity index (χ0v) is 14.6. The van der Waals surface area contributed by atoms with Gasteiger partial charge in [-0.1, -0.05) is 42.5 Å². The van der Waals surface area contributed by atoms with Crippen molar-refractivity contribution in [2.45, 2.75) is 12.6 Å². The van der Waals surface area contributed by atoms with E-state index < -0.39 is 10.1 Å². The van der Waals surface area contributed by atoms with Crippen LogP contribution < -0.4 is 4.18 Å². The van der Waals surface area contributed by atoms with Crippen LogP contribution in [0.15, 0.2) is 54.6 Å². The minimum Gasteiger partial charge on any atom is -0.383 e. The molecule has 1 unspecified atom stereocenters. The molecular weight excluding hydrogens is 342 g/mol. The van der Waals surface area contributed by atoms with Gasteiger partial charge in [0.25, 0.3) is 0 Å². The molecule has 1 amide bonds. The second kappa shape index (κ2) is 7.25. The molecule has 0 aliphatic carbocycles. The molecule has 0 aromatic heterocycles. The Bertz CT molecular complexity index is 834. The van der Waals surface area contributed by atoms with Crippen molar-refractivity contribution >= 4 is 16.0 Å². The van der Waals surface area contributed by atoms with E-state index in [9.17, 15) is 13.2 Å². The third-order valence-corrected chi connectivity index (χ3v) is 4.36. The molecule has 2 aromatic rings. The minimum absolute atomic E-state index is 0.0269. The number of hydrogen-bond acceptors (Lipinski definition) is 5. The lowest BCUT2D eigenvalue weighted by Crippen LogP contribution is -2.42. The summed E-state index contributed by atoms with van der Waals surface area (Å²) in [5.74, 6) is 0.205. The summed E-state index contributed by atoms with van der Waals surface area (Å²) in [5.41, 5.74) is 1.93. The van der Waals surface area contributed by atoms with Crippen LogP contribution in [-0.4, -0.2) is 38.6 Å². The third kappa shape index (κ3) is 4.80. The van der Waals surface area contributed by atoms with E-state index in [1.807, 2.05) is 30.3 Å². The highest BCUT2D eigenvalue weighted by Gasteiger charge is 2.27. The smallest absolute Gasteiger partial charge is 0.306 e. The van der Waals surface area contributed by atoms with Gasteiger partial charge in [0.15, 0.2) is 0 Å². The quantitative estimate of drug-likeness (QED) is 0.763. The molecule has 2 aromatic carbocycles. The molecule has 0 saturated carbocycles. The second-order valence-electron chi connectivity index (χ2n) is 5.92. The Morgan fingerprint density at radius 2 is 1.80 bits per heavy atom. The van der Waals surface area contributed by atoms with Crippen LogP contribution in [0, 0.1) is 0 Å². The number of benzene rings is 2. The van der Waals surface area contributed by atoms with E-state index in [0.717, 1.165) is 17.4 Å². The molecule has 1 aliphatic rings. The Balaban J connectivity index is 1.69. The zero-order valence-electron chi connectivity index (χ0n) is 13.8. The first-order chi connectivity index (χ1) is 11.9. The molecule has 3 rings (SSSR count). The van der Waals surface area contributed by atoms with Gasteiger partial charge in [-0.25, -0.2) is 0 Å². The fourth-order valence-corrected chi connectivity index (χ4v) is 3.15. The molecule has 1 aliphatic heterocycles. The zero-order chi connectivity index (χ0) is 17.9. The Morgan fingerprint density at radius 3 is 2.44 bits per heavy atom. The van der Waals surface area contributed by atoms with Gasteiger partial charge in [0, 0.05) is 6.54 Å². The van der Waals surface area contributed by atoms with Crippen molar-refractivity contribution in [3.63, 3.8) is 0 Å². The number of hydrogen-bond donors (Lipinski definition) is 0. The highest BCUT2D eigenvalue weighted by atomic mass is 32.2. The van der Waals surface area contributed by atoms with Crippen molar-refractivity contribution in [3.05, 3.63) is 65.7 Å². The number of morpholine rings is 1. The van der Waals surface area contributed by atoms with Crippen molar-refractivity contribution in [1.29, 1.82) is 0 Å². The number of ether oxygens (including phenoxy) is 1. The molecule has 1 fully saturated rings. The molecule has 7 heteroatoms. The van der Waals surface area contributed by atoms with Gasteiger partial charge in [-0.2, -0.15) is 8.42 Å². The van der Waals surface area contributed by atoms with Crippen molar-refractivity contribution in [2.24, 2.45) is 0 Å². The fraction of sp³-hybridized carbons (Fsp3) is 0.278. The summed E-state index contributed by atoms with van der Waals surface area (Å²) >= 11 is 0. The van der Waals surface area contributed by atoms with E-state index >= 15 is 0 Å². The van der Waals surface area contributed by atoms with Crippen LogP contribution in [0.5, 0.6) is 5.75 Å². The lowest BCUT2D eigenvalue weighted by atomic mass is 10.1. The lowest BCUT2D eigenvalue weighted by molar-refractivity contribution is -0.150. The number of carbonyl (C=O) groups excluding carboxylic acids is 1. The van der Waals surface area contributed by atoms with Crippen molar-refractivity contribution in [2.75, 3.05) is 19.4 Å². The monoisotopic (exact) mass is 361 g/mol. The molecule has 132 valence electrons. The van der Waals surface area contributed by atoms with Gasteiger partial charge in [0.1, 0.15) is 18.5 Å². The first-order valence-electron chi connectivity index (χ1n) is 7.83. The molecule has 0 N–H and O–H groups in total. The lowest BCUT2D eigenvalue weighted by Gasteiger charge is -2.33. The van der Waals surface area contributed by atoms with E-state index in [4.69, 9.17) is 8.92 Å². The maximum absolute atomic E-state index is 12.1. The van der Waals surface area contributed by atoms with Gasteiger partial charge in [0.2, 0.25) is 5.91 Å². The van der Waals surface area contributed by atoms with Gasteiger partial charge in [0.05, 0.1) is 12.8 Å². The highest BCUT2D eigenvalue weighted by Crippen LogP contribution is 2.26. The van der Waals surface area contributed by atoms with Gasteiger partial charge >= 0.3 is 10.1 Å². The summed E-state index contributed by atoms with van der Waals surface area (Å²) < 4.78 is 32.8. The van der Waals surface area contributed by atoms with Crippen molar-refractivity contribution in [1.82, 2.24) is 4.90 Å². The Kier molecular flexibility index (Phi) is 5.06. The Morgan fingerprint density at radius 1 is 1.12 bits per heavy atom. The normalized spacial score (nSPS) is 18.2. The SMILES string of the molecule is CS(=O)(=O)Oc1ccc(C2CN(Cc3ccccc3)C(=O)CO2)cc1. The van der Waals surface area contributed by atoms with Crippen LogP contribution in [0.25, 0.3) is 0 Å². The second-order valence-corrected chi connectivity index (χ2v) is 7.49. The molecule has 6 nitrogen and oxygen atoms in total. The van der Waals surface area contributed by atoms with E-state index in [1.54, 1.807) is 29.2 Å². The molecule has 1 heterocycles. The largest absolute Gasteiger partial charge is 0.383 e. The molecule has 25 heavy (non-hydrogen) atoms. The predicted molar refractivity (Wildman–Crippen MR) is 92.5 cm³/mol. The van der Waals surface area contributed by atoms with Crippen LogP contribution in [0.1, 0.15) is 17.2 Å². The van der Waals surface area contributed by atoms with Crippen LogP contribution >= 0.6 is 0 Å². The van der Waals surface area contributed by atoms with Gasteiger partial charge in [-0.05, 0) is 23.3 Å². The Labute approximate surface area is 147 Å². The van der Waals surface area contributed by atoms with E-state index in [1.165, 1.54) is 0 Å². The first-order valence-corrected chi connectivity index (χ1v) is 9.65. The number of nitrogens with zero attached hydrogens (tertiary/aromatic N) is 1. The van der Waals surface area contributed by atoms with E-state index in [-0.39, 0.29) is 24.4 Å². The average Bonchev–Trinajstić information content (AvgIpc) is 2.57. The van der Waals surface area contributed by atoms with Crippen LogP contribution in [-0.2, 0) is 26.2 Å². The van der Waals surface area contributed by atoms with Crippen molar-refractivity contribution in [3.8, 4) is 5.75 Å². The van der Waals surface area contributed by atoms with Gasteiger partial charge < -0.3 is 13.8 Å². The standard InChI is InChI=1S/C18H19NO5S/c1-25(21,22)24-16-9-7-15(8-10-16)17-12-19(18(20)13-23-17)11-14-5-3-2-4-6-14/h2-10,17H,11-13H2,1H3. The van der Waals surface area contributed by atoms with Crippen LogP contribution in [0.3, 0.4) is 0 Å². The predicted octanol–water partition coefficient (Wildman–Crippen LogP) is 2.13. The van der Waals surface area contributed by atoms with Gasteiger partial charge in [-0.15, -0.1) is 0 Å². The fourth-order valence-electron chi connectivity index (χ4n) is 2.69. The number of rotatable bonds is 5. The minimum atomic E-state index is -3.55. The number of carbonyl (C=O) groups is 1. The first kappa shape index (κ1) is 17.4. The topological polar surface area (TPSA) is 72.9 Å². The van der Waals surface area contributed by atoms with Gasteiger partial charge in [-0.3, -0.25) is 4.79 Å². The van der Waals surface area contributed by atoms with E-state index in [2.05, 4.69) is 0 Å². The summed E-state index contributed by atoms with van der Waals surface area (Å²) in [7, 11) is -3.55. The molecule has 0 radical (unpaired) electrons. The third-order valence-electron chi connectivity index (χ3n) is 3.86. The van der Waals surface area contributed by atoms with Crippen LogP contribution in [0.4, 0.5) is 0 Å². The maximum Gasteiger partial charge on any atom is 0.306 e. The average molecular weight is 361 g/mol. The highest BCUT2D eigenvalue weighted by molar-refractivity contribution is 7.86. The molecule has 1 atom stereocenters. The molecular formula is C18H19NO5S. The maximum atomic E-state index is 12.1. The summed E-state index contributed by atoms with van der Waals surface area (Å²) in [5, 5.41) is 0. The summed E-state index contributed by atoms with van der Waals surface area (Å²) in [6, 6.07) is 16.5. The van der Waals surface area contributed by atoms with Crippen molar-refractivity contribution < 1.29 is 22.1 Å². The number of amides is 1. The summed E-state index contributed by atoms with van der Waals surface area (Å²) in [6.07, 6.45) is 0.742. The Hall–Kier alpha value is -2.38. The summed E-state index contributed by atoms with van der Waals surface area (Å²) in [4.78, 5) is 13.9. The van der Waals surface area contributed by atoms with Crippen LogP contribution in [0.2, 0.25) is 0 Å².